The van der Waals surface area contributed by atoms with Crippen LogP contribution in [-0.2, 0) is 4.74 Å². The highest BCUT2D eigenvalue weighted by molar-refractivity contribution is 4.97. The summed E-state index contributed by atoms with van der Waals surface area (Å²) in [5.41, 5.74) is -0.147. The third-order valence-electron chi connectivity index (χ3n) is 3.05. The summed E-state index contributed by atoms with van der Waals surface area (Å²) in [6.45, 7) is 5.05. The first-order chi connectivity index (χ1) is 6.25. The van der Waals surface area contributed by atoms with E-state index in [0.717, 1.165) is 25.9 Å². The molecule has 78 valence electrons. The number of epoxide rings is 1. The molecule has 2 heteroatoms. The average Bonchev–Trinajstić information content (AvgIpc) is 2.93. The Morgan fingerprint density at radius 2 is 2.00 bits per heavy atom. The van der Waals surface area contributed by atoms with Crippen molar-refractivity contribution in [2.24, 2.45) is 0 Å². The molecule has 0 bridgehead atoms. The quantitative estimate of drug-likeness (QED) is 0.489. The first kappa shape index (κ1) is 11.0. The summed E-state index contributed by atoms with van der Waals surface area (Å²) in [6.07, 6.45) is 6.55. The Labute approximate surface area is 81.3 Å². The van der Waals surface area contributed by atoms with Crippen molar-refractivity contribution in [2.45, 2.75) is 64.1 Å². The van der Waals surface area contributed by atoms with E-state index in [1.165, 1.54) is 19.3 Å². The maximum Gasteiger partial charge on any atom is 0.117 e. The maximum absolute atomic E-state index is 9.81. The first-order valence-electron chi connectivity index (χ1n) is 5.57. The summed E-state index contributed by atoms with van der Waals surface area (Å²) in [4.78, 5) is 0. The molecular weight excluding hydrogens is 164 g/mol. The monoisotopic (exact) mass is 186 g/mol. The fourth-order valence-corrected chi connectivity index (χ4v) is 1.75. The van der Waals surface area contributed by atoms with Crippen molar-refractivity contribution in [3.8, 4) is 0 Å². The van der Waals surface area contributed by atoms with Crippen LogP contribution in [0.3, 0.4) is 0 Å². The van der Waals surface area contributed by atoms with Crippen molar-refractivity contribution < 1.29 is 9.84 Å². The van der Waals surface area contributed by atoms with Gasteiger partial charge in [-0.1, -0.05) is 39.5 Å². The zero-order valence-electron chi connectivity index (χ0n) is 8.88. The second-order valence-corrected chi connectivity index (χ2v) is 4.07. The van der Waals surface area contributed by atoms with Crippen molar-refractivity contribution in [1.82, 2.24) is 0 Å². The Morgan fingerprint density at radius 3 is 2.46 bits per heavy atom. The molecule has 0 radical (unpaired) electrons. The molecule has 2 atom stereocenters. The van der Waals surface area contributed by atoms with Crippen LogP contribution in [-0.4, -0.2) is 23.4 Å². The topological polar surface area (TPSA) is 32.8 Å². The lowest BCUT2D eigenvalue weighted by molar-refractivity contribution is 0.0631. The minimum Gasteiger partial charge on any atom is -0.390 e. The van der Waals surface area contributed by atoms with Crippen LogP contribution in [0.5, 0.6) is 0 Å². The molecule has 0 spiro atoms. The number of aliphatic hydroxyl groups is 1. The van der Waals surface area contributed by atoms with Crippen molar-refractivity contribution in [1.29, 1.82) is 0 Å². The third kappa shape index (κ3) is 2.96. The smallest absolute Gasteiger partial charge is 0.117 e. The molecule has 1 aliphatic heterocycles. The number of ether oxygens (including phenoxy) is 1. The van der Waals surface area contributed by atoms with E-state index >= 15 is 0 Å². The van der Waals surface area contributed by atoms with Crippen molar-refractivity contribution in [3.05, 3.63) is 0 Å². The van der Waals surface area contributed by atoms with Crippen molar-refractivity contribution in [2.75, 3.05) is 6.61 Å². The van der Waals surface area contributed by atoms with Gasteiger partial charge in [0.2, 0.25) is 0 Å². The lowest BCUT2D eigenvalue weighted by Gasteiger charge is -2.16. The summed E-state index contributed by atoms with van der Waals surface area (Å²) < 4.78 is 5.31. The highest BCUT2D eigenvalue weighted by Gasteiger charge is 2.48. The lowest BCUT2D eigenvalue weighted by atomic mass is 9.95. The molecule has 0 aliphatic carbocycles. The molecule has 1 saturated heterocycles. The molecular formula is C11H22O2. The molecule has 13 heavy (non-hydrogen) atoms. The van der Waals surface area contributed by atoms with Crippen LogP contribution in [0.4, 0.5) is 0 Å². The van der Waals surface area contributed by atoms with E-state index < -0.39 is 0 Å². The molecule has 0 aromatic rings. The second kappa shape index (κ2) is 4.97. The average molecular weight is 186 g/mol. The Kier molecular flexibility index (Phi) is 4.20. The predicted molar refractivity (Wildman–Crippen MR) is 53.7 cm³/mol. The molecule has 1 fully saturated rings. The maximum atomic E-state index is 9.81. The summed E-state index contributed by atoms with van der Waals surface area (Å²) >= 11 is 0. The molecule has 0 aromatic heterocycles. The zero-order chi connectivity index (χ0) is 9.73. The van der Waals surface area contributed by atoms with E-state index in [2.05, 4.69) is 13.8 Å². The fourth-order valence-electron chi connectivity index (χ4n) is 1.75. The summed E-state index contributed by atoms with van der Waals surface area (Å²) in [5, 5.41) is 9.81. The van der Waals surface area contributed by atoms with Gasteiger partial charge in [0.25, 0.3) is 0 Å². The van der Waals surface area contributed by atoms with Crippen molar-refractivity contribution in [3.63, 3.8) is 0 Å². The molecule has 1 heterocycles. The minimum absolute atomic E-state index is 0.147. The van der Waals surface area contributed by atoms with E-state index in [4.69, 9.17) is 4.74 Å². The standard InChI is InChI=1S/C11H22O2/c1-3-5-6-7-8-10(12)11(4-2)9-13-11/h10,12H,3-9H2,1-2H3. The summed E-state index contributed by atoms with van der Waals surface area (Å²) in [7, 11) is 0. The van der Waals surface area contributed by atoms with Crippen LogP contribution in [0, 0.1) is 0 Å². The highest BCUT2D eigenvalue weighted by atomic mass is 16.6. The van der Waals surface area contributed by atoms with Gasteiger partial charge in [-0.25, -0.2) is 0 Å². The Bertz CT molecular complexity index is 141. The Balaban J connectivity index is 2.07. The molecule has 1 aliphatic rings. The van der Waals surface area contributed by atoms with Gasteiger partial charge in [-0.3, -0.25) is 0 Å². The first-order valence-corrected chi connectivity index (χ1v) is 5.57. The third-order valence-corrected chi connectivity index (χ3v) is 3.05. The van der Waals surface area contributed by atoms with Gasteiger partial charge >= 0.3 is 0 Å². The normalized spacial score (nSPS) is 28.8. The molecule has 2 unspecified atom stereocenters. The van der Waals surface area contributed by atoms with Gasteiger partial charge in [0.05, 0.1) is 12.7 Å². The predicted octanol–water partition coefficient (Wildman–Crippen LogP) is 2.50. The van der Waals surface area contributed by atoms with Gasteiger partial charge in [0.1, 0.15) is 5.60 Å². The number of hydrogen-bond acceptors (Lipinski definition) is 2. The van der Waals surface area contributed by atoms with Gasteiger partial charge < -0.3 is 9.84 Å². The van der Waals surface area contributed by atoms with Gasteiger partial charge in [-0.2, -0.15) is 0 Å². The Morgan fingerprint density at radius 1 is 1.31 bits per heavy atom. The van der Waals surface area contributed by atoms with Crippen LogP contribution >= 0.6 is 0 Å². The molecule has 0 aromatic carbocycles. The molecule has 0 saturated carbocycles. The van der Waals surface area contributed by atoms with E-state index in [1.54, 1.807) is 0 Å². The number of hydrogen-bond donors (Lipinski definition) is 1. The van der Waals surface area contributed by atoms with Gasteiger partial charge in [0.15, 0.2) is 0 Å². The van der Waals surface area contributed by atoms with E-state index in [9.17, 15) is 5.11 Å². The minimum atomic E-state index is -0.227. The molecule has 1 rings (SSSR count). The molecule has 1 N–H and O–H groups in total. The van der Waals surface area contributed by atoms with Crippen LogP contribution in [0.15, 0.2) is 0 Å². The van der Waals surface area contributed by atoms with E-state index in [-0.39, 0.29) is 11.7 Å². The van der Waals surface area contributed by atoms with Gasteiger partial charge in [-0.05, 0) is 12.8 Å². The van der Waals surface area contributed by atoms with Crippen molar-refractivity contribution >= 4 is 0 Å². The SMILES string of the molecule is CCCCCCC(O)C1(CC)CO1. The number of unbranched alkanes of at least 4 members (excludes halogenated alkanes) is 3. The van der Waals surface area contributed by atoms with Crippen LogP contribution in [0.2, 0.25) is 0 Å². The zero-order valence-corrected chi connectivity index (χ0v) is 8.88. The summed E-state index contributed by atoms with van der Waals surface area (Å²) in [5.74, 6) is 0. The second-order valence-electron chi connectivity index (χ2n) is 4.07. The van der Waals surface area contributed by atoms with E-state index in [1.807, 2.05) is 0 Å². The number of aliphatic hydroxyl groups excluding tert-OH is 1. The largest absolute Gasteiger partial charge is 0.390 e. The summed E-state index contributed by atoms with van der Waals surface area (Å²) in [6, 6.07) is 0. The van der Waals surface area contributed by atoms with E-state index in [0.29, 0.717) is 0 Å². The molecule has 0 amide bonds. The number of rotatable bonds is 7. The van der Waals surface area contributed by atoms with Crippen LogP contribution in [0.1, 0.15) is 52.4 Å². The van der Waals surface area contributed by atoms with Gasteiger partial charge in [0, 0.05) is 0 Å². The molecule has 2 nitrogen and oxygen atoms in total. The van der Waals surface area contributed by atoms with Crippen LogP contribution in [0.25, 0.3) is 0 Å². The van der Waals surface area contributed by atoms with Crippen LogP contribution < -0.4 is 0 Å². The van der Waals surface area contributed by atoms with Gasteiger partial charge in [-0.15, -0.1) is 0 Å². The Hall–Kier alpha value is -0.0800. The highest BCUT2D eigenvalue weighted by Crippen LogP contribution is 2.36. The fraction of sp³-hybridized carbons (Fsp3) is 1.00. The lowest BCUT2D eigenvalue weighted by Crippen LogP contribution is -2.28.